The van der Waals surface area contributed by atoms with Crippen LogP contribution in [-0.2, 0) is 17.7 Å². The normalized spacial score (nSPS) is 16.1. The lowest BCUT2D eigenvalue weighted by Gasteiger charge is -2.24. The van der Waals surface area contributed by atoms with Gasteiger partial charge in [-0.25, -0.2) is 0 Å². The monoisotopic (exact) mass is 471 g/mol. The van der Waals surface area contributed by atoms with E-state index in [1.54, 1.807) is 13.3 Å². The molecule has 1 fully saturated rings. The van der Waals surface area contributed by atoms with E-state index < -0.39 is 0 Å². The fourth-order valence-electron chi connectivity index (χ4n) is 4.51. The summed E-state index contributed by atoms with van der Waals surface area (Å²) in [7, 11) is 1.63. The van der Waals surface area contributed by atoms with Crippen LogP contribution in [0.1, 0.15) is 21.6 Å². The maximum absolute atomic E-state index is 13.5. The van der Waals surface area contributed by atoms with E-state index in [0.717, 1.165) is 28.9 Å². The van der Waals surface area contributed by atoms with Gasteiger partial charge in [-0.3, -0.25) is 14.8 Å². The van der Waals surface area contributed by atoms with Crippen molar-refractivity contribution in [3.05, 3.63) is 90.3 Å². The lowest BCUT2D eigenvalue weighted by molar-refractivity contribution is 0.0737. The summed E-state index contributed by atoms with van der Waals surface area (Å²) in [5, 5.41) is 3.38. The summed E-state index contributed by atoms with van der Waals surface area (Å²) in [4.78, 5) is 24.2. The number of rotatable bonds is 7. The van der Waals surface area contributed by atoms with E-state index in [4.69, 9.17) is 9.47 Å². The third-order valence-electron chi connectivity index (χ3n) is 6.29. The van der Waals surface area contributed by atoms with Gasteiger partial charge < -0.3 is 24.1 Å². The quantitative estimate of drug-likeness (QED) is 0.443. The van der Waals surface area contributed by atoms with Crippen molar-refractivity contribution in [2.24, 2.45) is 5.92 Å². The molecule has 8 nitrogen and oxygen atoms in total. The van der Waals surface area contributed by atoms with E-state index in [-0.39, 0.29) is 11.8 Å². The molecule has 1 aliphatic rings. The van der Waals surface area contributed by atoms with Gasteiger partial charge in [0.05, 0.1) is 37.2 Å². The molecule has 1 aromatic carbocycles. The number of fused-ring (bicyclic) bond motifs is 1. The number of hydrogen-bond donors (Lipinski definition) is 1. The van der Waals surface area contributed by atoms with Crippen LogP contribution in [0.4, 0.5) is 5.69 Å². The van der Waals surface area contributed by atoms with Crippen molar-refractivity contribution >= 4 is 17.1 Å². The van der Waals surface area contributed by atoms with Gasteiger partial charge in [-0.05, 0) is 48.4 Å². The summed E-state index contributed by atoms with van der Waals surface area (Å²) >= 11 is 0. The molecule has 0 spiro atoms. The summed E-state index contributed by atoms with van der Waals surface area (Å²) < 4.78 is 13.5. The van der Waals surface area contributed by atoms with E-state index >= 15 is 0 Å². The first kappa shape index (κ1) is 22.9. The molecule has 8 heteroatoms. The second-order valence-corrected chi connectivity index (χ2v) is 8.70. The largest absolute Gasteiger partial charge is 0.495 e. The fraction of sp³-hybridized carbons (Fsp3) is 0.296. The van der Waals surface area contributed by atoms with Crippen molar-refractivity contribution in [3.8, 4) is 5.75 Å². The standard InChI is InChI=1S/C27H29N5O3/c1-34-26-7-6-22(15-24(26)30-17-20-4-2-8-28-16-20)27(33)32-12-13-35-19-21(18-32)14-23-25-5-3-10-31(25)11-9-29-23/h2-11,15-16,21,30H,12-14,17-19H2,1H3/t21-/m1/s1. The highest BCUT2D eigenvalue weighted by Gasteiger charge is 2.25. The Morgan fingerprint density at radius 3 is 3.00 bits per heavy atom. The predicted molar refractivity (Wildman–Crippen MR) is 134 cm³/mol. The maximum Gasteiger partial charge on any atom is 0.254 e. The minimum Gasteiger partial charge on any atom is -0.495 e. The fourth-order valence-corrected chi connectivity index (χ4v) is 4.51. The zero-order valence-electron chi connectivity index (χ0n) is 19.8. The van der Waals surface area contributed by atoms with Crippen molar-refractivity contribution in [3.63, 3.8) is 0 Å². The number of amides is 1. The molecule has 3 aromatic heterocycles. The Bertz CT molecular complexity index is 1290. The lowest BCUT2D eigenvalue weighted by Crippen LogP contribution is -2.36. The Hall–Kier alpha value is -3.91. The lowest BCUT2D eigenvalue weighted by atomic mass is 10.0. The second-order valence-electron chi connectivity index (χ2n) is 8.70. The molecule has 35 heavy (non-hydrogen) atoms. The zero-order valence-corrected chi connectivity index (χ0v) is 19.8. The van der Waals surface area contributed by atoms with Crippen molar-refractivity contribution in [2.75, 3.05) is 38.7 Å². The van der Waals surface area contributed by atoms with Crippen LogP contribution in [0.3, 0.4) is 0 Å². The van der Waals surface area contributed by atoms with Crippen molar-refractivity contribution in [1.29, 1.82) is 0 Å². The van der Waals surface area contributed by atoms with Crippen LogP contribution in [0.2, 0.25) is 0 Å². The minimum atomic E-state index is -0.0126. The number of carbonyl (C=O) groups is 1. The van der Waals surface area contributed by atoms with Gasteiger partial charge in [-0.15, -0.1) is 0 Å². The summed E-state index contributed by atoms with van der Waals surface area (Å²) in [6.45, 7) is 2.89. The van der Waals surface area contributed by atoms with Crippen LogP contribution in [-0.4, -0.2) is 58.6 Å². The van der Waals surface area contributed by atoms with Gasteiger partial charge >= 0.3 is 0 Å². The molecule has 1 atom stereocenters. The second kappa shape index (κ2) is 10.6. The van der Waals surface area contributed by atoms with Crippen LogP contribution in [0.5, 0.6) is 5.75 Å². The predicted octanol–water partition coefficient (Wildman–Crippen LogP) is 3.68. The van der Waals surface area contributed by atoms with Gasteiger partial charge in [0.25, 0.3) is 5.91 Å². The number of ether oxygens (including phenoxy) is 2. The summed E-state index contributed by atoms with van der Waals surface area (Å²) in [5.74, 6) is 0.840. The number of benzene rings is 1. The molecule has 1 N–H and O–H groups in total. The molecule has 1 saturated heterocycles. The number of carbonyl (C=O) groups excluding carboxylic acids is 1. The maximum atomic E-state index is 13.5. The highest BCUT2D eigenvalue weighted by molar-refractivity contribution is 5.95. The Labute approximate surface area is 204 Å². The third-order valence-corrected chi connectivity index (χ3v) is 6.29. The number of nitrogens with one attached hydrogen (secondary N) is 1. The molecule has 1 aliphatic heterocycles. The highest BCUT2D eigenvalue weighted by Crippen LogP contribution is 2.27. The molecular formula is C27H29N5O3. The Kier molecular flexibility index (Phi) is 6.90. The molecule has 5 rings (SSSR count). The molecule has 0 aliphatic carbocycles. The molecule has 0 saturated carbocycles. The van der Waals surface area contributed by atoms with E-state index in [1.165, 1.54) is 0 Å². The van der Waals surface area contributed by atoms with Gasteiger partial charge in [0.2, 0.25) is 0 Å². The first-order chi connectivity index (χ1) is 17.2. The summed E-state index contributed by atoms with van der Waals surface area (Å²) in [6, 6.07) is 13.5. The van der Waals surface area contributed by atoms with E-state index in [2.05, 4.69) is 25.8 Å². The van der Waals surface area contributed by atoms with E-state index in [0.29, 0.717) is 44.2 Å². The number of nitrogens with zero attached hydrogens (tertiary/aromatic N) is 4. The van der Waals surface area contributed by atoms with Crippen LogP contribution >= 0.6 is 0 Å². The van der Waals surface area contributed by atoms with Crippen LogP contribution in [0.25, 0.3) is 5.52 Å². The number of anilines is 1. The zero-order chi connectivity index (χ0) is 24.0. The topological polar surface area (TPSA) is 81.0 Å². The van der Waals surface area contributed by atoms with Gasteiger partial charge in [0.15, 0.2) is 0 Å². The molecule has 4 heterocycles. The Morgan fingerprint density at radius 1 is 1.20 bits per heavy atom. The van der Waals surface area contributed by atoms with Crippen LogP contribution in [0, 0.1) is 5.92 Å². The summed E-state index contributed by atoms with van der Waals surface area (Å²) in [6.07, 6.45) is 10.1. The number of methoxy groups -OCH3 is 1. The van der Waals surface area contributed by atoms with Crippen molar-refractivity contribution in [1.82, 2.24) is 19.3 Å². The van der Waals surface area contributed by atoms with Crippen LogP contribution < -0.4 is 10.1 Å². The van der Waals surface area contributed by atoms with Gasteiger partial charge in [0.1, 0.15) is 5.75 Å². The molecule has 4 aromatic rings. The summed E-state index contributed by atoms with van der Waals surface area (Å²) in [5.41, 5.74) is 4.55. The van der Waals surface area contributed by atoms with Crippen LogP contribution in [0.15, 0.2) is 73.4 Å². The number of pyridine rings is 1. The average Bonchev–Trinajstić information content (AvgIpc) is 3.27. The average molecular weight is 472 g/mol. The minimum absolute atomic E-state index is 0.0126. The third kappa shape index (κ3) is 5.27. The number of aromatic nitrogens is 3. The van der Waals surface area contributed by atoms with Crippen molar-refractivity contribution < 1.29 is 14.3 Å². The molecule has 0 radical (unpaired) electrons. The molecule has 0 unspecified atom stereocenters. The molecule has 0 bridgehead atoms. The van der Waals surface area contributed by atoms with Gasteiger partial charge in [-0.1, -0.05) is 6.07 Å². The molecular weight excluding hydrogens is 442 g/mol. The van der Waals surface area contributed by atoms with E-state index in [9.17, 15) is 4.79 Å². The SMILES string of the molecule is COc1ccc(C(=O)N2CCOC[C@H](Cc3nccn4cccc34)C2)cc1NCc1cccnc1. The Morgan fingerprint density at radius 2 is 2.14 bits per heavy atom. The first-order valence-electron chi connectivity index (χ1n) is 11.8. The number of hydrogen-bond acceptors (Lipinski definition) is 6. The molecule has 1 amide bonds. The smallest absolute Gasteiger partial charge is 0.254 e. The van der Waals surface area contributed by atoms with E-state index in [1.807, 2.05) is 66.1 Å². The van der Waals surface area contributed by atoms with Gasteiger partial charge in [-0.2, -0.15) is 0 Å². The van der Waals surface area contributed by atoms with Crippen molar-refractivity contribution in [2.45, 2.75) is 13.0 Å². The highest BCUT2D eigenvalue weighted by atomic mass is 16.5. The first-order valence-corrected chi connectivity index (χ1v) is 11.8. The molecule has 180 valence electrons. The Balaban J connectivity index is 1.31. The van der Waals surface area contributed by atoms with Gasteiger partial charge in [0, 0.05) is 62.1 Å².